The number of nitrogens with two attached hydrogens (primary N) is 1. The fraction of sp³-hybridized carbons (Fsp3) is 0.636. The molecule has 0 saturated carbocycles. The molecule has 0 radical (unpaired) electrons. The van der Waals surface area contributed by atoms with Crippen molar-refractivity contribution in [1.29, 1.82) is 0 Å². The van der Waals surface area contributed by atoms with Gasteiger partial charge in [0.15, 0.2) is 0 Å². The summed E-state index contributed by atoms with van der Waals surface area (Å²) in [6, 6.07) is 2.21. The summed E-state index contributed by atoms with van der Waals surface area (Å²) in [6.07, 6.45) is 1.23. The molecule has 2 N–H and O–H groups in total. The molecule has 1 aromatic rings. The number of rotatable bonds is 3. The largest absolute Gasteiger partial charge is 0.330 e. The zero-order valence-electron chi connectivity index (χ0n) is 9.00. The first-order valence-corrected chi connectivity index (χ1v) is 6.94. The van der Waals surface area contributed by atoms with Crippen molar-refractivity contribution >= 4 is 27.3 Å². The van der Waals surface area contributed by atoms with E-state index in [0.29, 0.717) is 5.41 Å². The Hall–Kier alpha value is 0.1000. The van der Waals surface area contributed by atoms with E-state index in [1.165, 1.54) is 22.3 Å². The number of halogens is 1. The highest BCUT2D eigenvalue weighted by Gasteiger charge is 2.32. The minimum absolute atomic E-state index is 0.342. The molecular weight excluding hydrogens is 272 g/mol. The minimum atomic E-state index is 0.342. The summed E-state index contributed by atoms with van der Waals surface area (Å²) in [5.41, 5.74) is 6.14. The van der Waals surface area contributed by atoms with Crippen LogP contribution >= 0.6 is 27.3 Å². The van der Waals surface area contributed by atoms with Gasteiger partial charge in [0.05, 0.1) is 0 Å². The molecule has 2 rings (SSSR count). The molecule has 0 spiro atoms. The van der Waals surface area contributed by atoms with E-state index >= 15 is 0 Å². The second-order valence-corrected chi connectivity index (χ2v) is 6.62. The van der Waals surface area contributed by atoms with Crippen molar-refractivity contribution in [3.63, 3.8) is 0 Å². The quantitative estimate of drug-likeness (QED) is 0.927. The highest BCUT2D eigenvalue weighted by atomic mass is 79.9. The number of thiophene rings is 1. The smallest absolute Gasteiger partial charge is 0.0328 e. The van der Waals surface area contributed by atoms with Gasteiger partial charge in [-0.2, -0.15) is 0 Å². The molecule has 1 aliphatic heterocycles. The van der Waals surface area contributed by atoms with Crippen molar-refractivity contribution in [3.05, 3.63) is 20.8 Å². The normalized spacial score (nSPS) is 27.4. The molecule has 0 aromatic carbocycles. The number of hydrogen-bond acceptors (Lipinski definition) is 3. The Morgan fingerprint density at radius 3 is 3.00 bits per heavy atom. The summed E-state index contributed by atoms with van der Waals surface area (Å²) in [5.74, 6) is 0. The summed E-state index contributed by atoms with van der Waals surface area (Å²) >= 11 is 5.31. The zero-order valence-corrected chi connectivity index (χ0v) is 11.4. The molecule has 0 aliphatic carbocycles. The summed E-state index contributed by atoms with van der Waals surface area (Å²) in [4.78, 5) is 3.94. The van der Waals surface area contributed by atoms with Crippen molar-refractivity contribution in [1.82, 2.24) is 4.90 Å². The maximum Gasteiger partial charge on any atom is 0.0328 e. The summed E-state index contributed by atoms with van der Waals surface area (Å²) in [7, 11) is 0. The number of likely N-dealkylation sites (tertiary alicyclic amines) is 1. The summed E-state index contributed by atoms with van der Waals surface area (Å²) in [6.45, 7) is 6.49. The fourth-order valence-electron chi connectivity index (χ4n) is 2.08. The van der Waals surface area contributed by atoms with Crippen molar-refractivity contribution in [2.45, 2.75) is 19.9 Å². The van der Waals surface area contributed by atoms with Crippen molar-refractivity contribution in [2.24, 2.45) is 11.1 Å². The predicted octanol–water partition coefficient (Wildman–Crippen LogP) is 2.68. The van der Waals surface area contributed by atoms with Gasteiger partial charge in [0.2, 0.25) is 0 Å². The lowest BCUT2D eigenvalue weighted by Crippen LogP contribution is -2.30. The molecule has 1 atom stereocenters. The molecule has 15 heavy (non-hydrogen) atoms. The van der Waals surface area contributed by atoms with Crippen LogP contribution in [0.4, 0.5) is 0 Å². The monoisotopic (exact) mass is 288 g/mol. The Bertz CT molecular complexity index is 339. The molecule has 1 aromatic heterocycles. The standard InChI is InChI=1S/C11H17BrN2S/c1-11(7-13)2-3-14(8-11)5-10-4-9(12)6-15-10/h4,6H,2-3,5,7-8,13H2,1H3. The maximum absolute atomic E-state index is 5.80. The van der Waals surface area contributed by atoms with E-state index in [4.69, 9.17) is 5.73 Å². The first-order chi connectivity index (χ1) is 7.11. The van der Waals surface area contributed by atoms with Crippen LogP contribution in [0.2, 0.25) is 0 Å². The minimum Gasteiger partial charge on any atom is -0.330 e. The van der Waals surface area contributed by atoms with Gasteiger partial charge < -0.3 is 5.73 Å². The molecule has 1 unspecified atom stereocenters. The topological polar surface area (TPSA) is 29.3 Å². The Balaban J connectivity index is 1.92. The Kier molecular flexibility index (Phi) is 3.50. The second kappa shape index (κ2) is 4.53. The van der Waals surface area contributed by atoms with Crippen LogP contribution in [0.25, 0.3) is 0 Å². The van der Waals surface area contributed by atoms with Crippen molar-refractivity contribution in [3.8, 4) is 0 Å². The van der Waals surface area contributed by atoms with Crippen LogP contribution in [-0.2, 0) is 6.54 Å². The maximum atomic E-state index is 5.80. The van der Waals surface area contributed by atoms with Gasteiger partial charge in [-0.05, 0) is 46.9 Å². The lowest BCUT2D eigenvalue weighted by atomic mass is 9.90. The molecule has 1 saturated heterocycles. The van der Waals surface area contributed by atoms with Crippen molar-refractivity contribution in [2.75, 3.05) is 19.6 Å². The number of hydrogen-bond donors (Lipinski definition) is 1. The van der Waals surface area contributed by atoms with Crippen LogP contribution in [0, 0.1) is 5.41 Å². The molecule has 0 amide bonds. The van der Waals surface area contributed by atoms with Gasteiger partial charge in [0.25, 0.3) is 0 Å². The molecule has 0 bridgehead atoms. The summed E-state index contributed by atoms with van der Waals surface area (Å²) in [5, 5.41) is 2.15. The fourth-order valence-corrected chi connectivity index (χ4v) is 3.58. The molecule has 84 valence electrons. The second-order valence-electron chi connectivity index (χ2n) is 4.71. The summed E-state index contributed by atoms with van der Waals surface area (Å²) < 4.78 is 1.20. The van der Waals surface area contributed by atoms with E-state index in [9.17, 15) is 0 Å². The third-order valence-electron chi connectivity index (χ3n) is 3.13. The van der Waals surface area contributed by atoms with E-state index < -0.39 is 0 Å². The highest BCUT2D eigenvalue weighted by Crippen LogP contribution is 2.30. The molecule has 1 aliphatic rings. The van der Waals surface area contributed by atoms with Gasteiger partial charge in [0.1, 0.15) is 0 Å². The van der Waals surface area contributed by atoms with Crippen LogP contribution in [-0.4, -0.2) is 24.5 Å². The van der Waals surface area contributed by atoms with Gasteiger partial charge in [0, 0.05) is 27.8 Å². The van der Waals surface area contributed by atoms with E-state index in [2.05, 4.69) is 39.2 Å². The van der Waals surface area contributed by atoms with E-state index in [1.54, 1.807) is 0 Å². The first-order valence-electron chi connectivity index (χ1n) is 5.27. The lowest BCUT2D eigenvalue weighted by molar-refractivity contribution is 0.276. The molecular formula is C11H17BrN2S. The SMILES string of the molecule is CC1(CN)CCN(Cc2cc(Br)cs2)C1. The van der Waals surface area contributed by atoms with Gasteiger partial charge in [-0.15, -0.1) is 11.3 Å². The van der Waals surface area contributed by atoms with E-state index in [1.807, 2.05) is 11.3 Å². The van der Waals surface area contributed by atoms with Crippen LogP contribution in [0.1, 0.15) is 18.2 Å². The van der Waals surface area contributed by atoms with Gasteiger partial charge in [-0.25, -0.2) is 0 Å². The van der Waals surface area contributed by atoms with Gasteiger partial charge >= 0.3 is 0 Å². The van der Waals surface area contributed by atoms with Crippen molar-refractivity contribution < 1.29 is 0 Å². The first kappa shape index (κ1) is 11.6. The van der Waals surface area contributed by atoms with Crippen LogP contribution in [0.15, 0.2) is 15.9 Å². The van der Waals surface area contributed by atoms with Gasteiger partial charge in [-0.3, -0.25) is 4.90 Å². The Morgan fingerprint density at radius 2 is 2.47 bits per heavy atom. The zero-order chi connectivity index (χ0) is 10.9. The predicted molar refractivity (Wildman–Crippen MR) is 69.1 cm³/mol. The van der Waals surface area contributed by atoms with Crippen LogP contribution < -0.4 is 5.73 Å². The average Bonchev–Trinajstić information content (AvgIpc) is 2.76. The van der Waals surface area contributed by atoms with E-state index in [-0.39, 0.29) is 0 Å². The highest BCUT2D eigenvalue weighted by molar-refractivity contribution is 9.10. The third kappa shape index (κ3) is 2.81. The van der Waals surface area contributed by atoms with Crippen LogP contribution in [0.5, 0.6) is 0 Å². The average molecular weight is 289 g/mol. The third-order valence-corrected chi connectivity index (χ3v) is 4.81. The molecule has 4 heteroatoms. The Labute approximate surface area is 104 Å². The van der Waals surface area contributed by atoms with Gasteiger partial charge in [-0.1, -0.05) is 6.92 Å². The lowest BCUT2D eigenvalue weighted by Gasteiger charge is -2.22. The number of nitrogens with zero attached hydrogens (tertiary/aromatic N) is 1. The molecule has 2 heterocycles. The van der Waals surface area contributed by atoms with Crippen LogP contribution in [0.3, 0.4) is 0 Å². The molecule has 1 fully saturated rings. The molecule has 2 nitrogen and oxygen atoms in total. The Morgan fingerprint density at radius 1 is 1.67 bits per heavy atom. The van der Waals surface area contributed by atoms with E-state index in [0.717, 1.165) is 19.6 Å².